The van der Waals surface area contributed by atoms with Gasteiger partial charge in [-0.05, 0) is 19.8 Å². The van der Waals surface area contributed by atoms with Gasteiger partial charge in [0.2, 0.25) is 0 Å². The van der Waals surface area contributed by atoms with Crippen LogP contribution in [0.15, 0.2) is 17.6 Å². The van der Waals surface area contributed by atoms with Gasteiger partial charge >= 0.3 is 0 Å². The fourth-order valence-corrected chi connectivity index (χ4v) is 2.74. The molecule has 1 rings (SSSR count). The van der Waals surface area contributed by atoms with E-state index in [0.29, 0.717) is 19.4 Å². The first-order chi connectivity index (χ1) is 8.03. The average molecular weight is 261 g/mol. The van der Waals surface area contributed by atoms with Gasteiger partial charge in [0.15, 0.2) is 5.03 Å². The van der Waals surface area contributed by atoms with Gasteiger partial charge in [-0.25, -0.2) is 18.1 Å². The minimum absolute atomic E-state index is 0.0238. The highest BCUT2D eigenvalue weighted by molar-refractivity contribution is 7.89. The highest BCUT2D eigenvalue weighted by atomic mass is 32.2. The van der Waals surface area contributed by atoms with Gasteiger partial charge in [0.25, 0.3) is 10.0 Å². The zero-order chi connectivity index (χ0) is 12.9. The number of rotatable bonds is 7. The molecule has 0 aliphatic carbocycles. The Kier molecular flexibility index (Phi) is 5.10. The normalized spacial score (nSPS) is 13.8. The molecule has 0 saturated carbocycles. The van der Waals surface area contributed by atoms with Gasteiger partial charge in [0.1, 0.15) is 0 Å². The minimum atomic E-state index is -3.58. The summed E-state index contributed by atoms with van der Waals surface area (Å²) in [6.07, 6.45) is 4.02. The van der Waals surface area contributed by atoms with E-state index in [1.54, 1.807) is 4.57 Å². The van der Waals surface area contributed by atoms with Crippen LogP contribution < -0.4 is 4.72 Å². The Balaban J connectivity index is 2.80. The van der Waals surface area contributed by atoms with Crippen molar-refractivity contribution in [1.82, 2.24) is 14.3 Å². The first-order valence-corrected chi connectivity index (χ1v) is 7.16. The predicted molar refractivity (Wildman–Crippen MR) is 64.0 cm³/mol. The van der Waals surface area contributed by atoms with Crippen molar-refractivity contribution in [3.63, 3.8) is 0 Å². The van der Waals surface area contributed by atoms with Crippen molar-refractivity contribution >= 4 is 10.0 Å². The molecule has 1 atom stereocenters. The summed E-state index contributed by atoms with van der Waals surface area (Å²) < 4.78 is 28.1. The van der Waals surface area contributed by atoms with Crippen LogP contribution >= 0.6 is 0 Å². The molecule has 7 heteroatoms. The molecule has 0 bridgehead atoms. The molecule has 0 amide bonds. The molecule has 0 aliphatic rings. The lowest BCUT2D eigenvalue weighted by Crippen LogP contribution is -2.35. The Hall–Kier alpha value is -0.920. The number of nitrogens with one attached hydrogen (secondary N) is 1. The number of aliphatic hydroxyl groups is 1. The van der Waals surface area contributed by atoms with Crippen LogP contribution in [0.4, 0.5) is 0 Å². The van der Waals surface area contributed by atoms with Crippen LogP contribution in [0.1, 0.15) is 26.7 Å². The quantitative estimate of drug-likeness (QED) is 0.741. The third-order valence-electron chi connectivity index (χ3n) is 2.54. The molecular formula is C10H19N3O3S. The maximum Gasteiger partial charge on any atom is 0.259 e. The molecule has 1 unspecified atom stereocenters. The molecule has 6 nitrogen and oxygen atoms in total. The number of nitrogens with zero attached hydrogens (tertiary/aromatic N) is 2. The van der Waals surface area contributed by atoms with Crippen molar-refractivity contribution in [1.29, 1.82) is 0 Å². The van der Waals surface area contributed by atoms with E-state index in [1.165, 1.54) is 12.5 Å². The molecule has 1 heterocycles. The van der Waals surface area contributed by atoms with E-state index in [0.717, 1.165) is 0 Å². The second-order valence-electron chi connectivity index (χ2n) is 3.78. The Morgan fingerprint density at radius 3 is 2.71 bits per heavy atom. The Morgan fingerprint density at radius 1 is 1.53 bits per heavy atom. The number of aliphatic hydroxyl groups excluding tert-OH is 1. The van der Waals surface area contributed by atoms with E-state index in [-0.39, 0.29) is 17.7 Å². The van der Waals surface area contributed by atoms with Crippen molar-refractivity contribution in [2.75, 3.05) is 6.61 Å². The van der Waals surface area contributed by atoms with Crippen molar-refractivity contribution in [2.45, 2.75) is 44.3 Å². The van der Waals surface area contributed by atoms with Crippen LogP contribution in [0.25, 0.3) is 0 Å². The maximum absolute atomic E-state index is 11.9. The summed E-state index contributed by atoms with van der Waals surface area (Å²) in [6, 6.07) is -0.253. The lowest BCUT2D eigenvalue weighted by atomic mass is 10.2. The molecule has 2 N–H and O–H groups in total. The molecular weight excluding hydrogens is 242 g/mol. The first kappa shape index (κ1) is 14.1. The van der Waals surface area contributed by atoms with Crippen molar-refractivity contribution in [2.24, 2.45) is 0 Å². The average Bonchev–Trinajstić information content (AvgIpc) is 2.77. The van der Waals surface area contributed by atoms with E-state index in [1.807, 2.05) is 13.8 Å². The molecule has 0 fully saturated rings. The van der Waals surface area contributed by atoms with Gasteiger partial charge in [0, 0.05) is 25.4 Å². The van der Waals surface area contributed by atoms with Crippen LogP contribution in [0.3, 0.4) is 0 Å². The van der Waals surface area contributed by atoms with Gasteiger partial charge in [-0.15, -0.1) is 0 Å². The molecule has 0 aliphatic heterocycles. The minimum Gasteiger partial charge on any atom is -0.396 e. The Morgan fingerprint density at radius 2 is 2.24 bits per heavy atom. The number of hydrogen-bond donors (Lipinski definition) is 2. The smallest absolute Gasteiger partial charge is 0.259 e. The summed E-state index contributed by atoms with van der Waals surface area (Å²) >= 11 is 0. The standard InChI is InChI=1S/C10H19N3O3S/c1-3-9(5-6-14)12-17(15,16)10-7-13(4-2)8-11-10/h7-9,12,14H,3-6H2,1-2H3. The second kappa shape index (κ2) is 6.13. The van der Waals surface area contributed by atoms with Crippen LogP contribution in [0, 0.1) is 0 Å². The predicted octanol–water partition coefficient (Wildman–Crippen LogP) is 0.342. The number of sulfonamides is 1. The van der Waals surface area contributed by atoms with Gasteiger partial charge in [-0.3, -0.25) is 0 Å². The number of hydrogen-bond acceptors (Lipinski definition) is 4. The number of imidazole rings is 1. The molecule has 0 spiro atoms. The van der Waals surface area contributed by atoms with Crippen molar-refractivity contribution in [3.05, 3.63) is 12.5 Å². The third kappa shape index (κ3) is 3.79. The van der Waals surface area contributed by atoms with Crippen LogP contribution in [0.5, 0.6) is 0 Å². The van der Waals surface area contributed by atoms with Gasteiger partial charge < -0.3 is 9.67 Å². The van der Waals surface area contributed by atoms with Gasteiger partial charge in [-0.1, -0.05) is 6.92 Å². The molecule has 0 radical (unpaired) electrons. The van der Waals surface area contributed by atoms with Crippen molar-refractivity contribution in [3.8, 4) is 0 Å². The first-order valence-electron chi connectivity index (χ1n) is 5.68. The summed E-state index contributed by atoms with van der Waals surface area (Å²) in [6.45, 7) is 4.42. The highest BCUT2D eigenvalue weighted by Gasteiger charge is 2.20. The summed E-state index contributed by atoms with van der Waals surface area (Å²) in [5.41, 5.74) is 0. The summed E-state index contributed by atoms with van der Waals surface area (Å²) in [4.78, 5) is 3.86. The van der Waals surface area contributed by atoms with E-state index in [9.17, 15) is 8.42 Å². The number of aryl methyl sites for hydroxylation is 1. The molecule has 0 aromatic carbocycles. The largest absolute Gasteiger partial charge is 0.396 e. The Labute approximate surface area is 102 Å². The molecule has 1 aromatic rings. The van der Waals surface area contributed by atoms with Crippen LogP contribution in [-0.2, 0) is 16.6 Å². The SMILES string of the molecule is CCC(CCO)NS(=O)(=O)c1cn(CC)cn1. The van der Waals surface area contributed by atoms with Gasteiger partial charge in [-0.2, -0.15) is 0 Å². The summed E-state index contributed by atoms with van der Waals surface area (Å²) in [7, 11) is -3.58. The van der Waals surface area contributed by atoms with E-state index < -0.39 is 10.0 Å². The summed E-state index contributed by atoms with van der Waals surface area (Å²) in [5, 5.41) is 8.85. The molecule has 1 aromatic heterocycles. The van der Waals surface area contributed by atoms with Crippen LogP contribution in [0.2, 0.25) is 0 Å². The number of aromatic nitrogens is 2. The fourth-order valence-electron chi connectivity index (χ4n) is 1.43. The van der Waals surface area contributed by atoms with Crippen LogP contribution in [-0.4, -0.2) is 35.7 Å². The van der Waals surface area contributed by atoms with E-state index in [4.69, 9.17) is 5.11 Å². The van der Waals surface area contributed by atoms with E-state index in [2.05, 4.69) is 9.71 Å². The lowest BCUT2D eigenvalue weighted by Gasteiger charge is -2.14. The lowest BCUT2D eigenvalue weighted by molar-refractivity contribution is 0.270. The van der Waals surface area contributed by atoms with Gasteiger partial charge in [0.05, 0.1) is 6.33 Å². The van der Waals surface area contributed by atoms with Crippen molar-refractivity contribution < 1.29 is 13.5 Å². The monoisotopic (exact) mass is 261 g/mol. The molecule has 98 valence electrons. The van der Waals surface area contributed by atoms with E-state index >= 15 is 0 Å². The Bertz CT molecular complexity index is 441. The third-order valence-corrected chi connectivity index (χ3v) is 3.95. The topological polar surface area (TPSA) is 84.2 Å². The zero-order valence-electron chi connectivity index (χ0n) is 10.1. The maximum atomic E-state index is 11.9. The molecule has 17 heavy (non-hydrogen) atoms. The second-order valence-corrected chi connectivity index (χ2v) is 5.44. The fraction of sp³-hybridized carbons (Fsp3) is 0.700. The zero-order valence-corrected chi connectivity index (χ0v) is 10.9. The highest BCUT2D eigenvalue weighted by Crippen LogP contribution is 2.08. The molecule has 0 saturated heterocycles. The summed E-state index contributed by atoms with van der Waals surface area (Å²) in [5.74, 6) is 0.